The molecule has 5 rings (SSSR count). The number of hydrogen-bond acceptors (Lipinski definition) is 3. The van der Waals surface area contributed by atoms with Crippen LogP contribution >= 0.6 is 0 Å². The highest BCUT2D eigenvalue weighted by Crippen LogP contribution is 2.59. The van der Waals surface area contributed by atoms with Crippen molar-refractivity contribution in [2.75, 3.05) is 0 Å². The molecule has 0 saturated heterocycles. The number of halogens is 3. The van der Waals surface area contributed by atoms with Crippen LogP contribution in [0.5, 0.6) is 5.75 Å². The van der Waals surface area contributed by atoms with E-state index < -0.39 is 6.36 Å². The van der Waals surface area contributed by atoms with Gasteiger partial charge in [0.25, 0.3) is 0 Å². The van der Waals surface area contributed by atoms with E-state index in [2.05, 4.69) is 21.9 Å². The average molecular weight is 422 g/mol. The molecular weight excluding hydrogens is 391 g/mol. The Kier molecular flexibility index (Phi) is 5.58. The lowest BCUT2D eigenvalue weighted by Crippen LogP contribution is -2.45. The summed E-state index contributed by atoms with van der Waals surface area (Å²) in [5, 5.41) is 8.80. The number of hydrogen-bond donors (Lipinski definition) is 0. The molecule has 1 heterocycles. The van der Waals surface area contributed by atoms with Crippen LogP contribution in [0.3, 0.4) is 0 Å². The minimum absolute atomic E-state index is 0.00760. The number of benzene rings is 1. The Morgan fingerprint density at radius 2 is 1.67 bits per heavy atom. The van der Waals surface area contributed by atoms with Crippen LogP contribution in [0, 0.1) is 5.41 Å². The molecule has 3 aliphatic carbocycles. The minimum atomic E-state index is -4.75. The lowest BCUT2D eigenvalue weighted by Gasteiger charge is -2.53. The second kappa shape index (κ2) is 7.89. The van der Waals surface area contributed by atoms with Crippen LogP contribution in [0.25, 0.3) is 11.4 Å². The van der Waals surface area contributed by atoms with E-state index in [1.165, 1.54) is 57.1 Å². The first-order valence-corrected chi connectivity index (χ1v) is 11.0. The number of aromatic nitrogens is 3. The molecule has 0 spiro atoms. The minimum Gasteiger partial charge on any atom is -0.405 e. The van der Waals surface area contributed by atoms with Gasteiger partial charge in [-0.2, -0.15) is 0 Å². The lowest BCUT2D eigenvalue weighted by molar-refractivity contribution is -0.274. The van der Waals surface area contributed by atoms with E-state index in [1.54, 1.807) is 12.1 Å². The van der Waals surface area contributed by atoms with Gasteiger partial charge in [-0.25, -0.2) is 0 Å². The average Bonchev–Trinajstić information content (AvgIpc) is 3.11. The van der Waals surface area contributed by atoms with E-state index in [1.807, 2.05) is 11.6 Å². The smallest absolute Gasteiger partial charge is 0.405 e. The van der Waals surface area contributed by atoms with Gasteiger partial charge in [0.05, 0.1) is 5.56 Å². The van der Waals surface area contributed by atoms with Gasteiger partial charge in [0.15, 0.2) is 5.82 Å². The Morgan fingerprint density at radius 3 is 2.30 bits per heavy atom. The summed E-state index contributed by atoms with van der Waals surface area (Å²) >= 11 is 0. The zero-order valence-electron chi connectivity index (χ0n) is 17.8. The molecule has 2 bridgehead atoms. The molecule has 164 valence electrons. The number of ether oxygens (including phenoxy) is 1. The monoisotopic (exact) mass is 421 g/mol. The first-order chi connectivity index (χ1) is 14.3. The van der Waals surface area contributed by atoms with Gasteiger partial charge in [0, 0.05) is 12.5 Å². The molecule has 0 aliphatic heterocycles. The van der Waals surface area contributed by atoms with Crippen LogP contribution < -0.4 is 4.74 Å². The topological polar surface area (TPSA) is 39.9 Å². The zero-order valence-corrected chi connectivity index (χ0v) is 17.8. The number of nitrogens with zero attached hydrogens (tertiary/aromatic N) is 3. The van der Waals surface area contributed by atoms with Gasteiger partial charge in [0.2, 0.25) is 0 Å². The SMILES string of the molecule is CCCCCC12CCC(c3nnc(-c4ccccc4OC(F)(F)F)n3C)(CC1)CC2. The quantitative estimate of drug-likeness (QED) is 0.476. The third kappa shape index (κ3) is 3.95. The fourth-order valence-electron chi connectivity index (χ4n) is 5.61. The largest absolute Gasteiger partial charge is 0.573 e. The number of alkyl halides is 3. The number of para-hydroxylation sites is 1. The van der Waals surface area contributed by atoms with E-state index in [0.29, 0.717) is 16.8 Å². The number of unbranched alkanes of at least 4 members (excludes halogenated alkanes) is 2. The molecule has 0 N–H and O–H groups in total. The van der Waals surface area contributed by atoms with E-state index in [0.717, 1.165) is 25.1 Å². The molecule has 1 aromatic heterocycles. The Balaban J connectivity index is 1.58. The Labute approximate surface area is 175 Å². The van der Waals surface area contributed by atoms with Crippen molar-refractivity contribution in [3.05, 3.63) is 30.1 Å². The molecule has 0 radical (unpaired) electrons. The molecule has 30 heavy (non-hydrogen) atoms. The Bertz CT molecular complexity index is 866. The summed E-state index contributed by atoms with van der Waals surface area (Å²) in [6, 6.07) is 6.15. The molecule has 0 amide bonds. The van der Waals surface area contributed by atoms with E-state index >= 15 is 0 Å². The maximum atomic E-state index is 12.8. The summed E-state index contributed by atoms with van der Waals surface area (Å²) in [5.74, 6) is 1.08. The van der Waals surface area contributed by atoms with Crippen LogP contribution in [0.1, 0.15) is 77.0 Å². The van der Waals surface area contributed by atoms with Gasteiger partial charge in [-0.15, -0.1) is 23.4 Å². The van der Waals surface area contributed by atoms with Gasteiger partial charge >= 0.3 is 6.36 Å². The Hall–Kier alpha value is -2.05. The fraction of sp³-hybridized carbons (Fsp3) is 0.652. The van der Waals surface area contributed by atoms with Gasteiger partial charge < -0.3 is 9.30 Å². The highest BCUT2D eigenvalue weighted by Gasteiger charge is 2.51. The van der Waals surface area contributed by atoms with Gasteiger partial charge in [0.1, 0.15) is 11.6 Å². The first-order valence-electron chi connectivity index (χ1n) is 11.0. The van der Waals surface area contributed by atoms with Crippen molar-refractivity contribution in [3.63, 3.8) is 0 Å². The van der Waals surface area contributed by atoms with Crippen molar-refractivity contribution >= 4 is 0 Å². The predicted molar refractivity (Wildman–Crippen MR) is 109 cm³/mol. The summed E-state index contributed by atoms with van der Waals surface area (Å²) in [6.45, 7) is 2.24. The van der Waals surface area contributed by atoms with Gasteiger partial charge in [-0.3, -0.25) is 0 Å². The highest BCUT2D eigenvalue weighted by atomic mass is 19.4. The standard InChI is InChI=1S/C23H30F3N3O/c1-3-4-7-10-21-11-14-22(15-12-21,16-13-21)20-28-27-19(29(20)2)17-8-5-6-9-18(17)30-23(24,25)26/h5-6,8-9H,3-4,7,10-16H2,1-2H3. The maximum absolute atomic E-state index is 12.8. The van der Waals surface area contributed by atoms with Crippen molar-refractivity contribution in [1.82, 2.24) is 14.8 Å². The second-order valence-electron chi connectivity index (χ2n) is 9.19. The Morgan fingerprint density at radius 1 is 1.00 bits per heavy atom. The summed E-state index contributed by atoms with van der Waals surface area (Å²) in [5.41, 5.74) is 0.797. The van der Waals surface area contributed by atoms with Crippen molar-refractivity contribution < 1.29 is 17.9 Å². The van der Waals surface area contributed by atoms with E-state index in [4.69, 9.17) is 0 Å². The van der Waals surface area contributed by atoms with Crippen molar-refractivity contribution in [3.8, 4) is 17.1 Å². The molecule has 3 saturated carbocycles. The number of rotatable bonds is 7. The van der Waals surface area contributed by atoms with Crippen LogP contribution in [-0.2, 0) is 12.5 Å². The van der Waals surface area contributed by atoms with Crippen molar-refractivity contribution in [2.45, 2.75) is 82.9 Å². The summed E-state index contributed by atoms with van der Waals surface area (Å²) in [6.07, 6.45) is 7.36. The first kappa shape index (κ1) is 21.2. The molecule has 3 fully saturated rings. The molecule has 2 aromatic rings. The maximum Gasteiger partial charge on any atom is 0.573 e. The van der Waals surface area contributed by atoms with Crippen LogP contribution in [0.15, 0.2) is 24.3 Å². The van der Waals surface area contributed by atoms with Gasteiger partial charge in [-0.05, 0) is 62.5 Å². The summed E-state index contributed by atoms with van der Waals surface area (Å²) < 4.78 is 44.6. The zero-order chi connectivity index (χ0) is 21.4. The van der Waals surface area contributed by atoms with Crippen LogP contribution in [0.2, 0.25) is 0 Å². The van der Waals surface area contributed by atoms with Crippen LogP contribution in [0.4, 0.5) is 13.2 Å². The molecule has 7 heteroatoms. The third-order valence-corrected chi connectivity index (χ3v) is 7.42. The molecule has 0 unspecified atom stereocenters. The van der Waals surface area contributed by atoms with E-state index in [9.17, 15) is 13.2 Å². The molecule has 4 nitrogen and oxygen atoms in total. The van der Waals surface area contributed by atoms with Gasteiger partial charge in [-0.1, -0.05) is 38.3 Å². The van der Waals surface area contributed by atoms with Crippen molar-refractivity contribution in [1.29, 1.82) is 0 Å². The molecule has 3 aliphatic rings. The van der Waals surface area contributed by atoms with Crippen LogP contribution in [-0.4, -0.2) is 21.1 Å². The highest BCUT2D eigenvalue weighted by molar-refractivity contribution is 5.64. The summed E-state index contributed by atoms with van der Waals surface area (Å²) in [7, 11) is 1.86. The predicted octanol–water partition coefficient (Wildman–Crippen LogP) is 6.55. The molecule has 1 aromatic carbocycles. The number of fused-ring (bicyclic) bond motifs is 3. The second-order valence-corrected chi connectivity index (χ2v) is 9.19. The molecular formula is C23H30F3N3O. The van der Waals surface area contributed by atoms with Crippen molar-refractivity contribution in [2.24, 2.45) is 12.5 Å². The summed E-state index contributed by atoms with van der Waals surface area (Å²) in [4.78, 5) is 0. The third-order valence-electron chi connectivity index (χ3n) is 7.42. The fourth-order valence-corrected chi connectivity index (χ4v) is 5.61. The normalized spacial score (nSPS) is 26.2. The van der Waals surface area contributed by atoms with E-state index in [-0.39, 0.29) is 11.2 Å². The molecule has 0 atom stereocenters. The lowest BCUT2D eigenvalue weighted by atomic mass is 9.52.